The summed E-state index contributed by atoms with van der Waals surface area (Å²) in [5.41, 5.74) is 3.38. The van der Waals surface area contributed by atoms with E-state index in [2.05, 4.69) is 31.2 Å². The Hall–Kier alpha value is -2.14. The average molecular weight is 330 g/mol. The van der Waals surface area contributed by atoms with Crippen LogP contribution in [-0.4, -0.2) is 15.9 Å². The fraction of sp³-hybridized carbons (Fsp3) is 0.0667. The number of benzene rings is 1. The van der Waals surface area contributed by atoms with E-state index in [0.717, 1.165) is 22.2 Å². The van der Waals surface area contributed by atoms with Crippen molar-refractivity contribution in [1.29, 1.82) is 0 Å². The summed E-state index contributed by atoms with van der Waals surface area (Å²) in [5, 5.41) is 4.06. The molecular formula is C15H12BrN3O. The number of fused-ring (bicyclic) bond motifs is 1. The van der Waals surface area contributed by atoms with E-state index in [4.69, 9.17) is 0 Å². The van der Waals surface area contributed by atoms with Crippen molar-refractivity contribution in [1.82, 2.24) is 9.97 Å². The van der Waals surface area contributed by atoms with Gasteiger partial charge in [-0.1, -0.05) is 0 Å². The third-order valence-corrected chi connectivity index (χ3v) is 3.80. The minimum absolute atomic E-state index is 0.159. The number of carbonyl (C=O) groups excluding carboxylic acids is 1. The highest BCUT2D eigenvalue weighted by Gasteiger charge is 2.11. The molecule has 20 heavy (non-hydrogen) atoms. The first-order valence-corrected chi connectivity index (χ1v) is 6.93. The Morgan fingerprint density at radius 3 is 3.00 bits per heavy atom. The van der Waals surface area contributed by atoms with Gasteiger partial charge in [-0.05, 0) is 58.1 Å². The van der Waals surface area contributed by atoms with Crippen LogP contribution in [0.4, 0.5) is 5.69 Å². The molecule has 0 aliphatic heterocycles. The van der Waals surface area contributed by atoms with Gasteiger partial charge < -0.3 is 10.3 Å². The van der Waals surface area contributed by atoms with Gasteiger partial charge in [-0.3, -0.25) is 9.78 Å². The van der Waals surface area contributed by atoms with Gasteiger partial charge in [-0.25, -0.2) is 0 Å². The summed E-state index contributed by atoms with van der Waals surface area (Å²) < 4.78 is 0.677. The Labute approximate surface area is 124 Å². The Bertz CT molecular complexity index is 795. The van der Waals surface area contributed by atoms with E-state index in [-0.39, 0.29) is 5.91 Å². The van der Waals surface area contributed by atoms with E-state index >= 15 is 0 Å². The van der Waals surface area contributed by atoms with Gasteiger partial charge in [-0.15, -0.1) is 0 Å². The van der Waals surface area contributed by atoms with Crippen LogP contribution in [0.25, 0.3) is 10.9 Å². The number of anilines is 1. The molecule has 1 amide bonds. The molecule has 0 atom stereocenters. The lowest BCUT2D eigenvalue weighted by Crippen LogP contribution is -2.13. The van der Waals surface area contributed by atoms with E-state index in [0.29, 0.717) is 10.0 Å². The second kappa shape index (κ2) is 5.09. The number of carbonyl (C=O) groups is 1. The molecule has 2 heterocycles. The molecule has 3 rings (SSSR count). The third-order valence-electron chi connectivity index (χ3n) is 3.16. The molecule has 4 nitrogen and oxygen atoms in total. The number of nitrogens with zero attached hydrogens (tertiary/aromatic N) is 1. The van der Waals surface area contributed by atoms with Crippen LogP contribution in [-0.2, 0) is 0 Å². The van der Waals surface area contributed by atoms with Crippen molar-refractivity contribution < 1.29 is 4.79 Å². The van der Waals surface area contributed by atoms with Crippen LogP contribution in [0.2, 0.25) is 0 Å². The number of nitrogens with one attached hydrogen (secondary N) is 2. The Balaban J connectivity index is 1.95. The molecule has 100 valence electrons. The summed E-state index contributed by atoms with van der Waals surface area (Å²) in [5.74, 6) is -0.159. The number of aromatic nitrogens is 2. The summed E-state index contributed by atoms with van der Waals surface area (Å²) in [7, 11) is 0. The first-order chi connectivity index (χ1) is 9.65. The first-order valence-electron chi connectivity index (χ1n) is 6.14. The number of hydrogen-bond donors (Lipinski definition) is 2. The molecule has 2 N–H and O–H groups in total. The zero-order valence-electron chi connectivity index (χ0n) is 10.8. The number of aromatic amines is 1. The molecule has 2 aromatic heterocycles. The zero-order chi connectivity index (χ0) is 14.1. The maximum atomic E-state index is 12.3. The number of aryl methyl sites for hydroxylation is 1. The van der Waals surface area contributed by atoms with Crippen molar-refractivity contribution in [3.05, 3.63) is 58.5 Å². The minimum atomic E-state index is -0.159. The number of pyridine rings is 1. The van der Waals surface area contributed by atoms with Crippen LogP contribution in [0, 0.1) is 6.92 Å². The second-order valence-electron chi connectivity index (χ2n) is 4.54. The van der Waals surface area contributed by atoms with Crippen molar-refractivity contribution in [2.75, 3.05) is 5.32 Å². The second-order valence-corrected chi connectivity index (χ2v) is 5.40. The van der Waals surface area contributed by atoms with Gasteiger partial charge in [-0.2, -0.15) is 0 Å². The van der Waals surface area contributed by atoms with Gasteiger partial charge in [0, 0.05) is 34.3 Å². The van der Waals surface area contributed by atoms with Gasteiger partial charge in [0.2, 0.25) is 0 Å². The van der Waals surface area contributed by atoms with Gasteiger partial charge in [0.05, 0.1) is 5.56 Å². The van der Waals surface area contributed by atoms with Gasteiger partial charge in [0.15, 0.2) is 0 Å². The predicted octanol–water partition coefficient (Wildman–Crippen LogP) is 3.89. The number of hydrogen-bond acceptors (Lipinski definition) is 2. The molecular weight excluding hydrogens is 318 g/mol. The highest BCUT2D eigenvalue weighted by atomic mass is 79.9. The van der Waals surface area contributed by atoms with Crippen LogP contribution in [0.15, 0.2) is 47.3 Å². The van der Waals surface area contributed by atoms with Crippen molar-refractivity contribution in [3.8, 4) is 0 Å². The Morgan fingerprint density at radius 1 is 1.35 bits per heavy atom. The Morgan fingerprint density at radius 2 is 2.20 bits per heavy atom. The lowest BCUT2D eigenvalue weighted by molar-refractivity contribution is 0.102. The highest BCUT2D eigenvalue weighted by Crippen LogP contribution is 2.24. The maximum absolute atomic E-state index is 12.3. The van der Waals surface area contributed by atoms with Crippen LogP contribution in [0.3, 0.4) is 0 Å². The molecule has 0 saturated heterocycles. The van der Waals surface area contributed by atoms with E-state index in [9.17, 15) is 4.79 Å². The molecule has 0 fully saturated rings. The van der Waals surface area contributed by atoms with E-state index in [1.807, 2.05) is 31.3 Å². The average Bonchev–Trinajstić information content (AvgIpc) is 2.86. The normalized spacial score (nSPS) is 10.7. The van der Waals surface area contributed by atoms with Gasteiger partial charge >= 0.3 is 0 Å². The van der Waals surface area contributed by atoms with Crippen molar-refractivity contribution >= 4 is 38.4 Å². The number of rotatable bonds is 2. The first kappa shape index (κ1) is 12.9. The standard InChI is InChI=1S/C15H12BrN3O/c1-9-6-10-2-5-18-14(10)7-13(9)19-15(20)11-3-4-17-8-12(11)16/h2-8,18H,1H3,(H,19,20). The highest BCUT2D eigenvalue weighted by molar-refractivity contribution is 9.10. The molecule has 0 unspecified atom stereocenters. The predicted molar refractivity (Wildman–Crippen MR) is 82.9 cm³/mol. The largest absolute Gasteiger partial charge is 0.361 e. The minimum Gasteiger partial charge on any atom is -0.361 e. The summed E-state index contributed by atoms with van der Waals surface area (Å²) in [4.78, 5) is 19.4. The molecule has 0 spiro atoms. The topological polar surface area (TPSA) is 57.8 Å². The summed E-state index contributed by atoms with van der Waals surface area (Å²) >= 11 is 3.33. The van der Waals surface area contributed by atoms with Gasteiger partial charge in [0.25, 0.3) is 5.91 Å². The van der Waals surface area contributed by atoms with Crippen LogP contribution in [0.1, 0.15) is 15.9 Å². The van der Waals surface area contributed by atoms with Crippen LogP contribution >= 0.6 is 15.9 Å². The quantitative estimate of drug-likeness (QED) is 0.749. The fourth-order valence-corrected chi connectivity index (χ4v) is 2.53. The molecule has 0 aliphatic rings. The molecule has 5 heteroatoms. The van der Waals surface area contributed by atoms with E-state index in [1.54, 1.807) is 18.5 Å². The molecule has 1 aromatic carbocycles. The summed E-state index contributed by atoms with van der Waals surface area (Å²) in [6.45, 7) is 1.98. The maximum Gasteiger partial charge on any atom is 0.256 e. The van der Waals surface area contributed by atoms with Crippen LogP contribution in [0.5, 0.6) is 0 Å². The van der Waals surface area contributed by atoms with Crippen molar-refractivity contribution in [2.24, 2.45) is 0 Å². The molecule has 0 radical (unpaired) electrons. The van der Waals surface area contributed by atoms with Crippen LogP contribution < -0.4 is 5.32 Å². The smallest absolute Gasteiger partial charge is 0.256 e. The van der Waals surface area contributed by atoms with E-state index in [1.165, 1.54) is 0 Å². The molecule has 0 saturated carbocycles. The SMILES string of the molecule is Cc1cc2cc[nH]c2cc1NC(=O)c1ccncc1Br. The molecule has 0 aliphatic carbocycles. The Kier molecular flexibility index (Phi) is 3.28. The monoisotopic (exact) mass is 329 g/mol. The summed E-state index contributed by atoms with van der Waals surface area (Å²) in [6.07, 6.45) is 5.09. The number of H-pyrrole nitrogens is 1. The molecule has 0 bridgehead atoms. The van der Waals surface area contributed by atoms with Gasteiger partial charge in [0.1, 0.15) is 0 Å². The lowest BCUT2D eigenvalue weighted by Gasteiger charge is -2.09. The number of halogens is 1. The zero-order valence-corrected chi connectivity index (χ0v) is 12.4. The number of amides is 1. The summed E-state index contributed by atoms with van der Waals surface area (Å²) in [6, 6.07) is 7.68. The molecule has 3 aromatic rings. The van der Waals surface area contributed by atoms with Crippen molar-refractivity contribution in [2.45, 2.75) is 6.92 Å². The lowest BCUT2D eigenvalue weighted by atomic mass is 10.1. The fourth-order valence-electron chi connectivity index (χ4n) is 2.10. The van der Waals surface area contributed by atoms with Crippen molar-refractivity contribution in [3.63, 3.8) is 0 Å². The third kappa shape index (κ3) is 2.32. The van der Waals surface area contributed by atoms with E-state index < -0.39 is 0 Å².